The summed E-state index contributed by atoms with van der Waals surface area (Å²) in [7, 11) is 1.92. The summed E-state index contributed by atoms with van der Waals surface area (Å²) in [5.41, 5.74) is 1.74. The number of phenols is 1. The van der Waals surface area contributed by atoms with Crippen LogP contribution >= 0.6 is 0 Å². The van der Waals surface area contributed by atoms with Gasteiger partial charge in [-0.05, 0) is 19.1 Å². The summed E-state index contributed by atoms with van der Waals surface area (Å²) in [5, 5.41) is 9.51. The average Bonchev–Trinajstić information content (AvgIpc) is 2.67. The van der Waals surface area contributed by atoms with Gasteiger partial charge < -0.3 is 14.4 Å². The normalized spacial score (nSPS) is 10.4. The number of rotatable bonds is 3. The first-order valence-electron chi connectivity index (χ1n) is 5.05. The Morgan fingerprint density at radius 1 is 1.44 bits per heavy atom. The highest BCUT2D eigenvalue weighted by molar-refractivity contribution is 5.42. The smallest absolute Gasteiger partial charge is 0.130 e. The zero-order chi connectivity index (χ0) is 11.5. The van der Waals surface area contributed by atoms with E-state index in [0.29, 0.717) is 12.4 Å². The van der Waals surface area contributed by atoms with E-state index in [1.54, 1.807) is 24.7 Å². The van der Waals surface area contributed by atoms with Crippen molar-refractivity contribution in [3.05, 3.63) is 42.0 Å². The summed E-state index contributed by atoms with van der Waals surface area (Å²) < 4.78 is 7.52. The molecule has 1 N–H and O–H groups in total. The molecular weight excluding hydrogens is 204 g/mol. The average molecular weight is 218 g/mol. The van der Waals surface area contributed by atoms with Gasteiger partial charge in [-0.3, -0.25) is 0 Å². The summed E-state index contributed by atoms with van der Waals surface area (Å²) in [6.45, 7) is 2.27. The number of hydrogen-bond acceptors (Lipinski definition) is 3. The molecule has 4 heteroatoms. The Morgan fingerprint density at radius 3 is 2.94 bits per heavy atom. The van der Waals surface area contributed by atoms with Crippen LogP contribution in [0.2, 0.25) is 0 Å². The minimum atomic E-state index is 0.252. The standard InChI is InChI=1S/C12H14N2O2/c1-9-11(15)4-3-5-12(9)16-7-10-6-13-8-14(10)2/h3-6,8,15H,7H2,1-2H3. The van der Waals surface area contributed by atoms with Crippen molar-refractivity contribution in [2.45, 2.75) is 13.5 Å². The van der Waals surface area contributed by atoms with Crippen molar-refractivity contribution < 1.29 is 9.84 Å². The van der Waals surface area contributed by atoms with Crippen LogP contribution in [0.5, 0.6) is 11.5 Å². The Labute approximate surface area is 94.1 Å². The molecule has 0 aliphatic heterocycles. The van der Waals surface area contributed by atoms with Gasteiger partial charge in [0.15, 0.2) is 0 Å². The van der Waals surface area contributed by atoms with Crippen molar-refractivity contribution in [3.8, 4) is 11.5 Å². The monoisotopic (exact) mass is 218 g/mol. The predicted molar refractivity (Wildman–Crippen MR) is 60.4 cm³/mol. The number of aromatic nitrogens is 2. The maximum Gasteiger partial charge on any atom is 0.130 e. The summed E-state index contributed by atoms with van der Waals surface area (Å²) in [4.78, 5) is 4.01. The molecule has 0 saturated heterocycles. The molecule has 1 aromatic heterocycles. The molecule has 2 rings (SSSR count). The first kappa shape index (κ1) is 10.5. The molecule has 2 aromatic rings. The minimum Gasteiger partial charge on any atom is -0.508 e. The highest BCUT2D eigenvalue weighted by Crippen LogP contribution is 2.26. The number of aryl methyl sites for hydroxylation is 1. The Balaban J connectivity index is 2.11. The zero-order valence-corrected chi connectivity index (χ0v) is 9.34. The van der Waals surface area contributed by atoms with E-state index < -0.39 is 0 Å². The lowest BCUT2D eigenvalue weighted by Crippen LogP contribution is -2.01. The van der Waals surface area contributed by atoms with Crippen LogP contribution < -0.4 is 4.74 Å². The fraction of sp³-hybridized carbons (Fsp3) is 0.250. The molecule has 0 spiro atoms. The van der Waals surface area contributed by atoms with E-state index in [1.807, 2.05) is 24.6 Å². The SMILES string of the molecule is Cc1c(O)cccc1OCc1cncn1C. The molecule has 84 valence electrons. The van der Waals surface area contributed by atoms with Gasteiger partial charge >= 0.3 is 0 Å². The van der Waals surface area contributed by atoms with E-state index in [9.17, 15) is 5.11 Å². The largest absolute Gasteiger partial charge is 0.508 e. The van der Waals surface area contributed by atoms with Gasteiger partial charge in [-0.25, -0.2) is 4.98 Å². The number of benzene rings is 1. The second-order valence-electron chi connectivity index (χ2n) is 3.68. The number of imidazole rings is 1. The third-order valence-corrected chi connectivity index (χ3v) is 2.55. The van der Waals surface area contributed by atoms with E-state index in [4.69, 9.17) is 4.74 Å². The molecule has 1 aromatic carbocycles. The lowest BCUT2D eigenvalue weighted by molar-refractivity contribution is 0.293. The van der Waals surface area contributed by atoms with Gasteiger partial charge in [0, 0.05) is 12.6 Å². The first-order valence-corrected chi connectivity index (χ1v) is 5.05. The molecule has 4 nitrogen and oxygen atoms in total. The molecule has 0 aliphatic carbocycles. The lowest BCUT2D eigenvalue weighted by Gasteiger charge is -2.10. The highest BCUT2D eigenvalue weighted by Gasteiger charge is 2.05. The van der Waals surface area contributed by atoms with Gasteiger partial charge in [0.2, 0.25) is 0 Å². The van der Waals surface area contributed by atoms with Crippen LogP contribution in [0.4, 0.5) is 0 Å². The van der Waals surface area contributed by atoms with Crippen molar-refractivity contribution >= 4 is 0 Å². The minimum absolute atomic E-state index is 0.252. The Kier molecular flexibility index (Phi) is 2.81. The molecule has 0 bridgehead atoms. The molecule has 0 radical (unpaired) electrons. The van der Waals surface area contributed by atoms with Gasteiger partial charge in [0.1, 0.15) is 18.1 Å². The van der Waals surface area contributed by atoms with E-state index in [1.165, 1.54) is 0 Å². The van der Waals surface area contributed by atoms with Crippen LogP contribution in [0.15, 0.2) is 30.7 Å². The maximum atomic E-state index is 9.51. The highest BCUT2D eigenvalue weighted by atomic mass is 16.5. The van der Waals surface area contributed by atoms with Gasteiger partial charge in [-0.2, -0.15) is 0 Å². The second-order valence-corrected chi connectivity index (χ2v) is 3.68. The Hall–Kier alpha value is -1.97. The van der Waals surface area contributed by atoms with Crippen molar-refractivity contribution in [2.75, 3.05) is 0 Å². The van der Waals surface area contributed by atoms with Crippen LogP contribution in [0.3, 0.4) is 0 Å². The topological polar surface area (TPSA) is 47.3 Å². The summed E-state index contributed by atoms with van der Waals surface area (Å²) in [6, 6.07) is 5.25. The second kappa shape index (κ2) is 4.26. The van der Waals surface area contributed by atoms with Crippen molar-refractivity contribution in [1.82, 2.24) is 9.55 Å². The van der Waals surface area contributed by atoms with E-state index in [0.717, 1.165) is 11.3 Å². The predicted octanol–water partition coefficient (Wildman–Crippen LogP) is 2.01. The van der Waals surface area contributed by atoms with Crippen molar-refractivity contribution in [3.63, 3.8) is 0 Å². The van der Waals surface area contributed by atoms with Gasteiger partial charge in [-0.15, -0.1) is 0 Å². The quantitative estimate of drug-likeness (QED) is 0.857. The van der Waals surface area contributed by atoms with Crippen LogP contribution in [0, 0.1) is 6.92 Å². The fourth-order valence-electron chi connectivity index (χ4n) is 1.43. The fourth-order valence-corrected chi connectivity index (χ4v) is 1.43. The molecule has 0 amide bonds. The summed E-state index contributed by atoms with van der Waals surface area (Å²) in [6.07, 6.45) is 3.49. The molecular formula is C12H14N2O2. The van der Waals surface area contributed by atoms with Crippen LogP contribution in [0.1, 0.15) is 11.3 Å². The van der Waals surface area contributed by atoms with E-state index in [-0.39, 0.29) is 5.75 Å². The van der Waals surface area contributed by atoms with Crippen molar-refractivity contribution in [2.24, 2.45) is 7.05 Å². The third-order valence-electron chi connectivity index (χ3n) is 2.55. The summed E-state index contributed by atoms with van der Waals surface area (Å²) >= 11 is 0. The van der Waals surface area contributed by atoms with Crippen LogP contribution in [-0.4, -0.2) is 14.7 Å². The maximum absolute atomic E-state index is 9.51. The lowest BCUT2D eigenvalue weighted by atomic mass is 10.2. The number of hydrogen-bond donors (Lipinski definition) is 1. The summed E-state index contributed by atoms with van der Waals surface area (Å²) in [5.74, 6) is 0.948. The van der Waals surface area contributed by atoms with Crippen LogP contribution in [0.25, 0.3) is 0 Å². The molecule has 0 unspecified atom stereocenters. The number of aromatic hydroxyl groups is 1. The molecule has 1 heterocycles. The van der Waals surface area contributed by atoms with E-state index in [2.05, 4.69) is 4.98 Å². The van der Waals surface area contributed by atoms with Crippen LogP contribution in [-0.2, 0) is 13.7 Å². The Morgan fingerprint density at radius 2 is 2.25 bits per heavy atom. The number of phenolic OH excluding ortho intramolecular Hbond substituents is 1. The first-order chi connectivity index (χ1) is 7.68. The van der Waals surface area contributed by atoms with E-state index >= 15 is 0 Å². The van der Waals surface area contributed by atoms with Crippen molar-refractivity contribution in [1.29, 1.82) is 0 Å². The molecule has 0 saturated carbocycles. The molecule has 16 heavy (non-hydrogen) atoms. The van der Waals surface area contributed by atoms with Gasteiger partial charge in [0.05, 0.1) is 18.2 Å². The number of ether oxygens (including phenoxy) is 1. The van der Waals surface area contributed by atoms with Gasteiger partial charge in [-0.1, -0.05) is 6.07 Å². The number of nitrogens with zero attached hydrogens (tertiary/aromatic N) is 2. The third kappa shape index (κ3) is 2.00. The van der Waals surface area contributed by atoms with Gasteiger partial charge in [0.25, 0.3) is 0 Å². The molecule has 0 atom stereocenters. The molecule has 0 fully saturated rings. The Bertz CT molecular complexity index is 492. The molecule has 0 aliphatic rings. The zero-order valence-electron chi connectivity index (χ0n) is 9.34.